The fourth-order valence-corrected chi connectivity index (χ4v) is 3.73. The highest BCUT2D eigenvalue weighted by Gasteiger charge is 2.31. The van der Waals surface area contributed by atoms with Gasteiger partial charge in [0.25, 0.3) is 0 Å². The Balaban J connectivity index is 2.18. The molecule has 0 aromatic heterocycles. The van der Waals surface area contributed by atoms with Crippen LogP contribution in [0.25, 0.3) is 0 Å². The highest BCUT2D eigenvalue weighted by atomic mass is 16.6. The summed E-state index contributed by atoms with van der Waals surface area (Å²) in [5.74, 6) is -0.473. The van der Waals surface area contributed by atoms with E-state index in [0.717, 1.165) is 31.6 Å². The van der Waals surface area contributed by atoms with E-state index in [1.165, 1.54) is 7.11 Å². The molecular weight excluding hydrogens is 384 g/mol. The zero-order valence-corrected chi connectivity index (χ0v) is 18.9. The number of ether oxygens (including phenoxy) is 2. The third-order valence-corrected chi connectivity index (χ3v) is 5.14. The first kappa shape index (κ1) is 23.5. The van der Waals surface area contributed by atoms with E-state index in [1.54, 1.807) is 19.3 Å². The molecule has 8 nitrogen and oxygen atoms in total. The Bertz CT molecular complexity index is 793. The molecule has 1 aromatic carbocycles. The fourth-order valence-electron chi connectivity index (χ4n) is 3.73. The van der Waals surface area contributed by atoms with Crippen molar-refractivity contribution in [1.29, 1.82) is 0 Å². The van der Waals surface area contributed by atoms with Gasteiger partial charge in [-0.2, -0.15) is 0 Å². The number of amides is 1. The lowest BCUT2D eigenvalue weighted by atomic mass is 9.99. The lowest BCUT2D eigenvalue weighted by molar-refractivity contribution is 0.0149. The van der Waals surface area contributed by atoms with Gasteiger partial charge >= 0.3 is 12.1 Å². The van der Waals surface area contributed by atoms with Crippen molar-refractivity contribution in [2.24, 2.45) is 4.99 Å². The summed E-state index contributed by atoms with van der Waals surface area (Å²) in [6, 6.07) is 3.69. The molecule has 1 fully saturated rings. The third kappa shape index (κ3) is 5.43. The van der Waals surface area contributed by atoms with Gasteiger partial charge in [0.05, 0.1) is 18.4 Å². The van der Waals surface area contributed by atoms with Gasteiger partial charge in [-0.15, -0.1) is 0 Å². The van der Waals surface area contributed by atoms with E-state index in [-0.39, 0.29) is 12.1 Å². The van der Waals surface area contributed by atoms with E-state index < -0.39 is 11.6 Å². The van der Waals surface area contributed by atoms with E-state index in [0.29, 0.717) is 23.4 Å². The van der Waals surface area contributed by atoms with Gasteiger partial charge in [0, 0.05) is 50.2 Å². The van der Waals surface area contributed by atoms with Crippen LogP contribution in [0.1, 0.15) is 56.5 Å². The summed E-state index contributed by atoms with van der Waals surface area (Å²) < 4.78 is 10.4. The van der Waals surface area contributed by atoms with Crippen LogP contribution in [-0.2, 0) is 9.47 Å². The Morgan fingerprint density at radius 2 is 1.93 bits per heavy atom. The first-order chi connectivity index (χ1) is 14.1. The summed E-state index contributed by atoms with van der Waals surface area (Å²) in [5, 5.41) is 0. The first-order valence-corrected chi connectivity index (χ1v) is 10.3. The van der Waals surface area contributed by atoms with E-state index in [4.69, 9.17) is 15.2 Å². The molecular formula is C22H34N4O4. The van der Waals surface area contributed by atoms with Crippen LogP contribution in [0, 0.1) is 0 Å². The van der Waals surface area contributed by atoms with Crippen LogP contribution >= 0.6 is 0 Å². The quantitative estimate of drug-likeness (QED) is 0.447. The first-order valence-electron chi connectivity index (χ1n) is 10.3. The lowest BCUT2D eigenvalue weighted by Gasteiger charge is -2.40. The zero-order valence-electron chi connectivity index (χ0n) is 18.9. The number of nitrogen functional groups attached to an aromatic ring is 1. The minimum atomic E-state index is -0.515. The van der Waals surface area contributed by atoms with Crippen LogP contribution in [-0.4, -0.2) is 68.6 Å². The molecule has 2 rings (SSSR count). The molecule has 1 amide bonds. The molecule has 0 spiro atoms. The van der Waals surface area contributed by atoms with Gasteiger partial charge in [0.2, 0.25) is 0 Å². The molecule has 2 N–H and O–H groups in total. The van der Waals surface area contributed by atoms with Crippen molar-refractivity contribution in [2.75, 3.05) is 44.4 Å². The molecule has 166 valence electrons. The number of nitrogens with two attached hydrogens (primary N) is 1. The molecule has 0 unspecified atom stereocenters. The standard InChI is InChI=1S/C22H34N4O4/c1-7-26(21(28)30-22(2,3)4)15-10-12-25(13-11-15)18-9-8-16(20(27)29-6)19(23)17(18)14-24-5/h8-9,14-15H,7,10-13,23H2,1-6H3. The van der Waals surface area contributed by atoms with E-state index in [9.17, 15) is 9.59 Å². The molecule has 1 aromatic rings. The lowest BCUT2D eigenvalue weighted by Crippen LogP contribution is -2.49. The largest absolute Gasteiger partial charge is 0.465 e. The average molecular weight is 419 g/mol. The number of rotatable bonds is 5. The van der Waals surface area contributed by atoms with Gasteiger partial charge in [0.1, 0.15) is 5.60 Å². The number of benzene rings is 1. The SMILES string of the molecule is CCN(C(=O)OC(C)(C)C)C1CCN(c2ccc(C(=O)OC)c(N)c2C=NC)CC1. The Kier molecular flexibility index (Phi) is 7.70. The van der Waals surface area contributed by atoms with Gasteiger partial charge in [0.15, 0.2) is 0 Å². The van der Waals surface area contributed by atoms with Crippen LogP contribution in [0.5, 0.6) is 0 Å². The number of methoxy groups -OCH3 is 1. The molecule has 0 saturated carbocycles. The van der Waals surface area contributed by atoms with Crippen molar-refractivity contribution >= 4 is 29.7 Å². The number of hydrogen-bond acceptors (Lipinski definition) is 7. The molecule has 1 saturated heterocycles. The molecule has 0 atom stereocenters. The predicted molar refractivity (Wildman–Crippen MR) is 120 cm³/mol. The summed E-state index contributed by atoms with van der Waals surface area (Å²) in [5.41, 5.74) is 8.06. The second kappa shape index (κ2) is 9.82. The van der Waals surface area contributed by atoms with Crippen LogP contribution in [0.3, 0.4) is 0 Å². The number of aliphatic imine (C=N–C) groups is 1. The maximum Gasteiger partial charge on any atom is 0.410 e. The van der Waals surface area contributed by atoms with Crippen molar-refractivity contribution in [3.05, 3.63) is 23.3 Å². The monoisotopic (exact) mass is 418 g/mol. The van der Waals surface area contributed by atoms with Gasteiger partial charge in [-0.1, -0.05) is 0 Å². The molecule has 1 heterocycles. The Morgan fingerprint density at radius 1 is 1.30 bits per heavy atom. The minimum Gasteiger partial charge on any atom is -0.465 e. The number of nitrogens with zero attached hydrogens (tertiary/aromatic N) is 3. The average Bonchev–Trinajstić information content (AvgIpc) is 2.69. The molecule has 8 heteroatoms. The number of piperidine rings is 1. The van der Waals surface area contributed by atoms with Gasteiger partial charge in [-0.25, -0.2) is 9.59 Å². The number of carbonyl (C=O) groups excluding carboxylic acids is 2. The summed E-state index contributed by atoms with van der Waals surface area (Å²) in [6.07, 6.45) is 3.03. The number of carbonyl (C=O) groups is 2. The fraction of sp³-hybridized carbons (Fsp3) is 0.591. The highest BCUT2D eigenvalue weighted by Crippen LogP contribution is 2.31. The Labute approximate surface area is 179 Å². The van der Waals surface area contributed by atoms with Crippen LogP contribution in [0.2, 0.25) is 0 Å². The van der Waals surface area contributed by atoms with Crippen molar-refractivity contribution in [3.63, 3.8) is 0 Å². The molecule has 0 aliphatic carbocycles. The topological polar surface area (TPSA) is 97.5 Å². The second-order valence-electron chi connectivity index (χ2n) is 8.32. The smallest absolute Gasteiger partial charge is 0.410 e. The number of hydrogen-bond donors (Lipinski definition) is 1. The second-order valence-corrected chi connectivity index (χ2v) is 8.32. The normalized spacial score (nSPS) is 15.3. The van der Waals surface area contributed by atoms with Crippen LogP contribution in [0.15, 0.2) is 17.1 Å². The summed E-state index contributed by atoms with van der Waals surface area (Å²) in [4.78, 5) is 32.7. The van der Waals surface area contributed by atoms with Crippen LogP contribution in [0.4, 0.5) is 16.2 Å². The molecule has 1 aliphatic rings. The maximum atomic E-state index is 12.6. The summed E-state index contributed by atoms with van der Waals surface area (Å²) in [6.45, 7) is 9.71. The molecule has 30 heavy (non-hydrogen) atoms. The molecule has 1 aliphatic heterocycles. The predicted octanol–water partition coefficient (Wildman–Crippen LogP) is 3.33. The van der Waals surface area contributed by atoms with Gasteiger partial charge in [-0.05, 0) is 52.7 Å². The minimum absolute atomic E-state index is 0.121. The van der Waals surface area contributed by atoms with Crippen molar-refractivity contribution in [1.82, 2.24) is 4.90 Å². The van der Waals surface area contributed by atoms with Gasteiger partial charge < -0.3 is 25.0 Å². The van der Waals surface area contributed by atoms with E-state index in [1.807, 2.05) is 38.7 Å². The highest BCUT2D eigenvalue weighted by molar-refractivity contribution is 6.04. The number of esters is 1. The summed E-state index contributed by atoms with van der Waals surface area (Å²) in [7, 11) is 3.00. The van der Waals surface area contributed by atoms with Crippen LogP contribution < -0.4 is 10.6 Å². The number of anilines is 2. The maximum absolute atomic E-state index is 12.6. The molecule has 0 bridgehead atoms. The van der Waals surface area contributed by atoms with Crippen molar-refractivity contribution in [2.45, 2.75) is 52.2 Å². The van der Waals surface area contributed by atoms with E-state index >= 15 is 0 Å². The zero-order chi connectivity index (χ0) is 22.5. The Hall–Kier alpha value is -2.77. The third-order valence-electron chi connectivity index (χ3n) is 5.14. The van der Waals surface area contributed by atoms with Crippen molar-refractivity contribution < 1.29 is 19.1 Å². The van der Waals surface area contributed by atoms with Gasteiger partial charge in [-0.3, -0.25) is 4.99 Å². The molecule has 0 radical (unpaired) electrons. The van der Waals surface area contributed by atoms with Crippen molar-refractivity contribution in [3.8, 4) is 0 Å². The van der Waals surface area contributed by atoms with E-state index in [2.05, 4.69) is 9.89 Å². The summed E-state index contributed by atoms with van der Waals surface area (Å²) >= 11 is 0. The Morgan fingerprint density at radius 3 is 2.43 bits per heavy atom.